The molecule has 0 amide bonds. The maximum atomic E-state index is 5.71. The van der Waals surface area contributed by atoms with Crippen LogP contribution in [0.3, 0.4) is 0 Å². The molecule has 14 heavy (non-hydrogen) atoms. The van der Waals surface area contributed by atoms with Gasteiger partial charge in [0.05, 0.1) is 10.2 Å². The summed E-state index contributed by atoms with van der Waals surface area (Å²) in [6.07, 6.45) is 0. The molecule has 2 N–H and O–H groups in total. The van der Waals surface area contributed by atoms with Crippen LogP contribution in [-0.2, 0) is 0 Å². The molecule has 0 spiro atoms. The normalized spacial score (nSPS) is 11.4. The van der Waals surface area contributed by atoms with Crippen LogP contribution < -0.4 is 5.73 Å². The van der Waals surface area contributed by atoms with E-state index in [1.165, 1.54) is 13.8 Å². The lowest BCUT2D eigenvalue weighted by atomic mass is 10.0. The number of nitrogens with two attached hydrogens (primary N) is 1. The Morgan fingerprint density at radius 3 is 2.79 bits per heavy atom. The third-order valence-corrected chi connectivity index (χ3v) is 3.93. The first kappa shape index (κ1) is 10.2. The SMILES string of the molecule is CC(C)c1c(I)ccc2sc(N)nc12. The molecule has 0 saturated carbocycles. The lowest BCUT2D eigenvalue weighted by Crippen LogP contribution is -1.93. The minimum Gasteiger partial charge on any atom is -0.375 e. The average molecular weight is 318 g/mol. The highest BCUT2D eigenvalue weighted by atomic mass is 127. The summed E-state index contributed by atoms with van der Waals surface area (Å²) >= 11 is 3.91. The van der Waals surface area contributed by atoms with Gasteiger partial charge in [-0.15, -0.1) is 0 Å². The monoisotopic (exact) mass is 318 g/mol. The Hall–Kier alpha value is -0.360. The molecule has 0 radical (unpaired) electrons. The second-order valence-corrected chi connectivity index (χ2v) is 5.74. The molecule has 0 saturated heterocycles. The molecule has 74 valence electrons. The maximum Gasteiger partial charge on any atom is 0.181 e. The summed E-state index contributed by atoms with van der Waals surface area (Å²) < 4.78 is 2.46. The molecule has 2 aromatic rings. The molecule has 1 aromatic heterocycles. The number of hydrogen-bond donors (Lipinski definition) is 1. The van der Waals surface area contributed by atoms with Gasteiger partial charge in [-0.3, -0.25) is 0 Å². The minimum absolute atomic E-state index is 0.493. The zero-order valence-electron chi connectivity index (χ0n) is 8.04. The van der Waals surface area contributed by atoms with Crippen LogP contribution in [-0.4, -0.2) is 4.98 Å². The third kappa shape index (κ3) is 1.61. The molecular formula is C10H11IN2S. The summed E-state index contributed by atoms with van der Waals surface area (Å²) in [5, 5.41) is 0.656. The van der Waals surface area contributed by atoms with Crippen LogP contribution in [0.2, 0.25) is 0 Å². The van der Waals surface area contributed by atoms with Crippen molar-refractivity contribution in [3.8, 4) is 0 Å². The number of anilines is 1. The molecule has 0 aliphatic rings. The number of nitrogens with zero attached hydrogens (tertiary/aromatic N) is 1. The molecule has 2 nitrogen and oxygen atoms in total. The van der Waals surface area contributed by atoms with Crippen molar-refractivity contribution in [1.29, 1.82) is 0 Å². The van der Waals surface area contributed by atoms with Gasteiger partial charge in [-0.1, -0.05) is 25.2 Å². The lowest BCUT2D eigenvalue weighted by Gasteiger charge is -2.08. The topological polar surface area (TPSA) is 38.9 Å². The van der Waals surface area contributed by atoms with Gasteiger partial charge in [0.25, 0.3) is 0 Å². The number of aromatic nitrogens is 1. The Bertz CT molecular complexity index is 476. The first-order valence-electron chi connectivity index (χ1n) is 4.44. The fourth-order valence-electron chi connectivity index (χ4n) is 1.56. The standard InChI is InChI=1S/C10H11IN2S/c1-5(2)8-6(11)3-4-7-9(8)13-10(12)14-7/h3-5H,1-2H3,(H2,12,13). The van der Waals surface area contributed by atoms with Gasteiger partial charge < -0.3 is 5.73 Å². The molecule has 2 rings (SSSR count). The van der Waals surface area contributed by atoms with Gasteiger partial charge >= 0.3 is 0 Å². The largest absolute Gasteiger partial charge is 0.375 e. The van der Waals surface area contributed by atoms with E-state index in [0.29, 0.717) is 11.0 Å². The van der Waals surface area contributed by atoms with Crippen LogP contribution >= 0.6 is 33.9 Å². The molecule has 0 atom stereocenters. The predicted octanol–water partition coefficient (Wildman–Crippen LogP) is 3.61. The van der Waals surface area contributed by atoms with E-state index in [4.69, 9.17) is 5.73 Å². The fraction of sp³-hybridized carbons (Fsp3) is 0.300. The van der Waals surface area contributed by atoms with E-state index in [2.05, 4.69) is 53.6 Å². The van der Waals surface area contributed by atoms with Crippen LogP contribution in [0.25, 0.3) is 10.2 Å². The second-order valence-electron chi connectivity index (χ2n) is 3.51. The lowest BCUT2D eigenvalue weighted by molar-refractivity contribution is 0.867. The van der Waals surface area contributed by atoms with Crippen molar-refractivity contribution in [2.45, 2.75) is 19.8 Å². The van der Waals surface area contributed by atoms with E-state index in [-0.39, 0.29) is 0 Å². The Morgan fingerprint density at radius 1 is 1.43 bits per heavy atom. The smallest absolute Gasteiger partial charge is 0.181 e. The highest BCUT2D eigenvalue weighted by Crippen LogP contribution is 2.33. The van der Waals surface area contributed by atoms with Crippen molar-refractivity contribution in [2.75, 3.05) is 5.73 Å². The molecule has 1 heterocycles. The van der Waals surface area contributed by atoms with E-state index in [1.54, 1.807) is 11.3 Å². The first-order chi connectivity index (χ1) is 6.59. The molecule has 4 heteroatoms. The highest BCUT2D eigenvalue weighted by Gasteiger charge is 2.12. The van der Waals surface area contributed by atoms with Gasteiger partial charge in [0, 0.05) is 3.57 Å². The Labute approximate surface area is 101 Å². The molecule has 0 fully saturated rings. The van der Waals surface area contributed by atoms with E-state index in [9.17, 15) is 0 Å². The summed E-state index contributed by atoms with van der Waals surface area (Å²) in [7, 11) is 0. The number of benzene rings is 1. The van der Waals surface area contributed by atoms with Crippen molar-refractivity contribution in [3.63, 3.8) is 0 Å². The number of rotatable bonds is 1. The van der Waals surface area contributed by atoms with Gasteiger partial charge in [0.2, 0.25) is 0 Å². The van der Waals surface area contributed by atoms with E-state index in [1.807, 2.05) is 0 Å². The van der Waals surface area contributed by atoms with Gasteiger partial charge in [0.15, 0.2) is 5.13 Å². The molecule has 0 aliphatic carbocycles. The van der Waals surface area contributed by atoms with Crippen molar-refractivity contribution in [1.82, 2.24) is 4.98 Å². The molecule has 0 bridgehead atoms. The third-order valence-electron chi connectivity index (χ3n) is 2.14. The van der Waals surface area contributed by atoms with Crippen LogP contribution in [0.1, 0.15) is 25.3 Å². The average Bonchev–Trinajstić information content (AvgIpc) is 2.43. The van der Waals surface area contributed by atoms with E-state index in [0.717, 1.165) is 5.52 Å². The summed E-state index contributed by atoms with van der Waals surface area (Å²) in [4.78, 5) is 4.39. The van der Waals surface area contributed by atoms with Crippen LogP contribution in [0.4, 0.5) is 5.13 Å². The van der Waals surface area contributed by atoms with Crippen molar-refractivity contribution in [2.24, 2.45) is 0 Å². The van der Waals surface area contributed by atoms with Gasteiger partial charge in [-0.2, -0.15) is 0 Å². The Morgan fingerprint density at radius 2 is 2.14 bits per heavy atom. The molecule has 0 aliphatic heterocycles. The predicted molar refractivity (Wildman–Crippen MR) is 70.8 cm³/mol. The van der Waals surface area contributed by atoms with E-state index < -0.39 is 0 Å². The fourth-order valence-corrected chi connectivity index (χ4v) is 3.36. The van der Waals surface area contributed by atoms with Crippen LogP contribution in [0, 0.1) is 3.57 Å². The minimum atomic E-state index is 0.493. The van der Waals surface area contributed by atoms with Gasteiger partial charge in [-0.05, 0) is 46.2 Å². The Balaban J connectivity index is 2.82. The number of thiazole rings is 1. The quantitative estimate of drug-likeness (QED) is 0.816. The van der Waals surface area contributed by atoms with E-state index >= 15 is 0 Å². The number of hydrogen-bond acceptors (Lipinski definition) is 3. The molecular weight excluding hydrogens is 307 g/mol. The summed E-state index contributed by atoms with van der Waals surface area (Å²) in [6.45, 7) is 4.37. The second kappa shape index (κ2) is 3.66. The van der Waals surface area contributed by atoms with Crippen LogP contribution in [0.15, 0.2) is 12.1 Å². The van der Waals surface area contributed by atoms with Gasteiger partial charge in [0.1, 0.15) is 0 Å². The zero-order valence-corrected chi connectivity index (χ0v) is 11.0. The first-order valence-corrected chi connectivity index (χ1v) is 6.33. The molecule has 0 unspecified atom stereocenters. The molecule has 1 aromatic carbocycles. The Kier molecular flexibility index (Phi) is 2.66. The summed E-state index contributed by atoms with van der Waals surface area (Å²) in [6, 6.07) is 4.23. The number of fused-ring (bicyclic) bond motifs is 1. The van der Waals surface area contributed by atoms with Crippen molar-refractivity contribution in [3.05, 3.63) is 21.3 Å². The highest BCUT2D eigenvalue weighted by molar-refractivity contribution is 14.1. The van der Waals surface area contributed by atoms with Crippen LogP contribution in [0.5, 0.6) is 0 Å². The maximum absolute atomic E-state index is 5.71. The zero-order chi connectivity index (χ0) is 10.3. The van der Waals surface area contributed by atoms with Gasteiger partial charge in [-0.25, -0.2) is 4.98 Å². The van der Waals surface area contributed by atoms with Crippen molar-refractivity contribution >= 4 is 49.3 Å². The number of nitrogen functional groups attached to an aromatic ring is 1. The summed E-state index contributed by atoms with van der Waals surface area (Å²) in [5.74, 6) is 0.493. The number of halogens is 1. The summed E-state index contributed by atoms with van der Waals surface area (Å²) in [5.41, 5.74) is 8.11. The van der Waals surface area contributed by atoms with Crippen molar-refractivity contribution < 1.29 is 0 Å².